The second kappa shape index (κ2) is 5.24. The summed E-state index contributed by atoms with van der Waals surface area (Å²) in [5.41, 5.74) is 4.09. The topological polar surface area (TPSA) is 86.9 Å². The number of fused-ring (bicyclic) bond motifs is 2. The second-order valence-electron chi connectivity index (χ2n) is 5.48. The minimum Gasteiger partial charge on any atom is -0.334 e. The van der Waals surface area contributed by atoms with Gasteiger partial charge in [-0.05, 0) is 42.3 Å². The van der Waals surface area contributed by atoms with Crippen LogP contribution in [0.2, 0.25) is 0 Å². The van der Waals surface area contributed by atoms with Crippen molar-refractivity contribution in [3.8, 4) is 0 Å². The molecule has 0 bridgehead atoms. The molecule has 0 unspecified atom stereocenters. The lowest BCUT2D eigenvalue weighted by atomic mass is 10.0. The lowest BCUT2D eigenvalue weighted by molar-refractivity contribution is -0.116. The highest BCUT2D eigenvalue weighted by atomic mass is 16.2. The fraction of sp³-hybridized carbons (Fsp3) is 0.118. The van der Waals surface area contributed by atoms with Crippen LogP contribution in [0.1, 0.15) is 22.6 Å². The van der Waals surface area contributed by atoms with Crippen LogP contribution in [0.4, 0.5) is 11.4 Å². The number of aromatic amines is 1. The predicted molar refractivity (Wildman–Crippen MR) is 87.4 cm³/mol. The smallest absolute Gasteiger partial charge is 0.291 e. The number of H-pyrrole nitrogens is 1. The lowest BCUT2D eigenvalue weighted by Crippen LogP contribution is -2.19. The highest BCUT2D eigenvalue weighted by Gasteiger charge is 2.16. The summed E-state index contributed by atoms with van der Waals surface area (Å²) in [6.45, 7) is 0. The van der Waals surface area contributed by atoms with E-state index in [0.29, 0.717) is 18.5 Å². The minimum absolute atomic E-state index is 0.0246. The Morgan fingerprint density at radius 3 is 2.87 bits per heavy atom. The van der Waals surface area contributed by atoms with Crippen molar-refractivity contribution in [2.45, 2.75) is 12.8 Å². The van der Waals surface area contributed by atoms with Crippen LogP contribution >= 0.6 is 0 Å². The number of anilines is 2. The number of para-hydroxylation sites is 2. The van der Waals surface area contributed by atoms with Gasteiger partial charge in [-0.1, -0.05) is 12.1 Å². The summed E-state index contributed by atoms with van der Waals surface area (Å²) in [5.74, 6) is 0.00906. The number of rotatable bonds is 2. The molecule has 1 aromatic heterocycles. The van der Waals surface area contributed by atoms with E-state index in [0.717, 1.165) is 22.3 Å². The van der Waals surface area contributed by atoms with Crippen molar-refractivity contribution in [1.82, 2.24) is 9.97 Å². The van der Waals surface area contributed by atoms with E-state index < -0.39 is 0 Å². The summed E-state index contributed by atoms with van der Waals surface area (Å²) < 4.78 is 0. The average Bonchev–Trinajstić information content (AvgIpc) is 2.99. The molecule has 23 heavy (non-hydrogen) atoms. The monoisotopic (exact) mass is 306 g/mol. The number of aryl methyl sites for hydroxylation is 1. The molecule has 4 rings (SSSR count). The Balaban J connectivity index is 1.57. The molecule has 2 heterocycles. The molecule has 1 aliphatic rings. The first-order valence-electron chi connectivity index (χ1n) is 7.38. The highest BCUT2D eigenvalue weighted by Crippen LogP contribution is 2.25. The summed E-state index contributed by atoms with van der Waals surface area (Å²) in [5, 5.41) is 5.65. The molecule has 3 N–H and O–H groups in total. The number of carbonyl (C=O) groups is 2. The molecule has 114 valence electrons. The second-order valence-corrected chi connectivity index (χ2v) is 5.48. The molecule has 0 radical (unpaired) electrons. The maximum absolute atomic E-state index is 12.3. The molecular formula is C17H14N4O2. The van der Waals surface area contributed by atoms with Gasteiger partial charge in [0, 0.05) is 17.8 Å². The largest absolute Gasteiger partial charge is 0.334 e. The van der Waals surface area contributed by atoms with E-state index in [9.17, 15) is 9.59 Å². The number of hydrogen-bond donors (Lipinski definition) is 3. The summed E-state index contributed by atoms with van der Waals surface area (Å²) in [7, 11) is 0. The SMILES string of the molecule is O=C1CCc2cc(NC(=O)c3nc4ccccc4[nH]3)ccc2N1. The van der Waals surface area contributed by atoms with Crippen molar-refractivity contribution in [2.75, 3.05) is 10.6 Å². The molecular weight excluding hydrogens is 292 g/mol. The van der Waals surface area contributed by atoms with Crippen molar-refractivity contribution in [3.63, 3.8) is 0 Å². The number of nitrogens with zero attached hydrogens (tertiary/aromatic N) is 1. The summed E-state index contributed by atoms with van der Waals surface area (Å²) in [4.78, 5) is 31.0. The van der Waals surface area contributed by atoms with E-state index in [2.05, 4.69) is 20.6 Å². The number of hydrogen-bond acceptors (Lipinski definition) is 3. The van der Waals surface area contributed by atoms with Gasteiger partial charge in [0.15, 0.2) is 5.82 Å². The lowest BCUT2D eigenvalue weighted by Gasteiger charge is -2.17. The summed E-state index contributed by atoms with van der Waals surface area (Å²) in [6, 6.07) is 13.0. The summed E-state index contributed by atoms with van der Waals surface area (Å²) in [6.07, 6.45) is 1.14. The third-order valence-electron chi connectivity index (χ3n) is 3.86. The highest BCUT2D eigenvalue weighted by molar-refractivity contribution is 6.04. The van der Waals surface area contributed by atoms with E-state index in [1.165, 1.54) is 0 Å². The number of amides is 2. The Morgan fingerprint density at radius 1 is 1.13 bits per heavy atom. The van der Waals surface area contributed by atoms with Gasteiger partial charge in [-0.2, -0.15) is 0 Å². The number of benzene rings is 2. The Morgan fingerprint density at radius 2 is 2.00 bits per heavy atom. The number of carbonyl (C=O) groups excluding carboxylic acids is 2. The van der Waals surface area contributed by atoms with E-state index in [1.54, 1.807) is 12.1 Å². The first kappa shape index (κ1) is 13.5. The normalized spacial score (nSPS) is 13.5. The van der Waals surface area contributed by atoms with Gasteiger partial charge < -0.3 is 15.6 Å². The van der Waals surface area contributed by atoms with E-state index in [-0.39, 0.29) is 17.6 Å². The minimum atomic E-state index is -0.291. The fourth-order valence-corrected chi connectivity index (χ4v) is 2.71. The predicted octanol–water partition coefficient (Wildman–Crippen LogP) is 2.70. The van der Waals surface area contributed by atoms with E-state index in [4.69, 9.17) is 0 Å². The van der Waals surface area contributed by atoms with Crippen molar-refractivity contribution >= 4 is 34.2 Å². The fourth-order valence-electron chi connectivity index (χ4n) is 2.71. The van der Waals surface area contributed by atoms with Crippen LogP contribution in [0.25, 0.3) is 11.0 Å². The zero-order valence-corrected chi connectivity index (χ0v) is 12.2. The first-order chi connectivity index (χ1) is 11.2. The molecule has 0 atom stereocenters. The van der Waals surface area contributed by atoms with Crippen LogP contribution in [-0.4, -0.2) is 21.8 Å². The first-order valence-corrected chi connectivity index (χ1v) is 7.38. The number of imidazole rings is 1. The van der Waals surface area contributed by atoms with Crippen molar-refractivity contribution in [3.05, 3.63) is 53.9 Å². The van der Waals surface area contributed by atoms with Crippen LogP contribution in [0, 0.1) is 0 Å². The van der Waals surface area contributed by atoms with Crippen LogP contribution in [-0.2, 0) is 11.2 Å². The van der Waals surface area contributed by atoms with Gasteiger partial charge in [-0.25, -0.2) is 4.98 Å². The molecule has 0 saturated carbocycles. The van der Waals surface area contributed by atoms with E-state index >= 15 is 0 Å². The zero-order valence-electron chi connectivity index (χ0n) is 12.2. The van der Waals surface area contributed by atoms with Gasteiger partial charge in [0.1, 0.15) is 0 Å². The Bertz CT molecular complexity index is 896. The molecule has 2 aromatic carbocycles. The Hall–Kier alpha value is -3.15. The number of nitrogens with one attached hydrogen (secondary N) is 3. The molecule has 0 saturated heterocycles. The maximum atomic E-state index is 12.3. The van der Waals surface area contributed by atoms with Crippen molar-refractivity contribution < 1.29 is 9.59 Å². The van der Waals surface area contributed by atoms with Gasteiger partial charge in [-0.3, -0.25) is 9.59 Å². The van der Waals surface area contributed by atoms with Gasteiger partial charge >= 0.3 is 0 Å². The van der Waals surface area contributed by atoms with Crippen molar-refractivity contribution in [1.29, 1.82) is 0 Å². The zero-order chi connectivity index (χ0) is 15.8. The Labute approximate surface area is 131 Å². The molecule has 6 nitrogen and oxygen atoms in total. The van der Waals surface area contributed by atoms with Crippen LogP contribution in [0.5, 0.6) is 0 Å². The van der Waals surface area contributed by atoms with Gasteiger partial charge in [0.05, 0.1) is 11.0 Å². The van der Waals surface area contributed by atoms with Crippen LogP contribution in [0.15, 0.2) is 42.5 Å². The molecule has 2 amide bonds. The maximum Gasteiger partial charge on any atom is 0.291 e. The quantitative estimate of drug-likeness (QED) is 0.680. The molecule has 1 aliphatic heterocycles. The van der Waals surface area contributed by atoms with Crippen LogP contribution < -0.4 is 10.6 Å². The average molecular weight is 306 g/mol. The van der Waals surface area contributed by atoms with Crippen molar-refractivity contribution in [2.24, 2.45) is 0 Å². The third kappa shape index (κ3) is 2.55. The molecule has 0 spiro atoms. The Kier molecular flexibility index (Phi) is 3.08. The molecule has 0 fully saturated rings. The summed E-state index contributed by atoms with van der Waals surface area (Å²) >= 11 is 0. The molecule has 6 heteroatoms. The molecule has 0 aliphatic carbocycles. The van der Waals surface area contributed by atoms with Crippen LogP contribution in [0.3, 0.4) is 0 Å². The van der Waals surface area contributed by atoms with E-state index in [1.807, 2.05) is 30.3 Å². The van der Waals surface area contributed by atoms with Gasteiger partial charge in [0.2, 0.25) is 5.91 Å². The van der Waals surface area contributed by atoms with Gasteiger partial charge in [0.25, 0.3) is 5.91 Å². The molecule has 3 aromatic rings. The number of aromatic nitrogens is 2. The standard InChI is InChI=1S/C17H14N4O2/c22-15-8-5-10-9-11(6-7-12(10)19-15)18-17(23)16-20-13-3-1-2-4-14(13)21-16/h1-4,6-7,9H,5,8H2,(H,18,23)(H,19,22)(H,20,21). The van der Waals surface area contributed by atoms with Gasteiger partial charge in [-0.15, -0.1) is 0 Å². The third-order valence-corrected chi connectivity index (χ3v) is 3.86.